The summed E-state index contributed by atoms with van der Waals surface area (Å²) in [6, 6.07) is 0. The van der Waals surface area contributed by atoms with Gasteiger partial charge < -0.3 is 10.2 Å². The van der Waals surface area contributed by atoms with E-state index in [1.807, 2.05) is 0 Å². The van der Waals surface area contributed by atoms with Crippen LogP contribution in [0, 0.1) is 5.92 Å². The zero-order chi connectivity index (χ0) is 10.5. The molecule has 0 saturated carbocycles. The Balaban J connectivity index is 0. The number of aliphatic hydroxyl groups is 2. The van der Waals surface area contributed by atoms with E-state index in [1.165, 1.54) is 32.1 Å². The summed E-state index contributed by atoms with van der Waals surface area (Å²) in [4.78, 5) is 0. The molecule has 2 N–H and O–H groups in total. The fraction of sp³-hybridized carbons (Fsp3) is 1.00. The highest BCUT2D eigenvalue weighted by molar-refractivity contribution is 4.50. The monoisotopic (exact) mass is 190 g/mol. The van der Waals surface area contributed by atoms with Crippen molar-refractivity contribution in [2.75, 3.05) is 13.2 Å². The van der Waals surface area contributed by atoms with Crippen molar-refractivity contribution < 1.29 is 10.2 Å². The van der Waals surface area contributed by atoms with Gasteiger partial charge in [0, 0.05) is 0 Å². The molecular weight excluding hydrogens is 164 g/mol. The molecule has 0 heterocycles. The first kappa shape index (κ1) is 15.4. The van der Waals surface area contributed by atoms with Crippen molar-refractivity contribution in [2.24, 2.45) is 5.92 Å². The summed E-state index contributed by atoms with van der Waals surface area (Å²) in [5.74, 6) is 0.968. The highest BCUT2D eigenvalue weighted by atomic mass is 16.3. The van der Waals surface area contributed by atoms with Crippen LogP contribution in [-0.2, 0) is 0 Å². The van der Waals surface area contributed by atoms with Gasteiger partial charge in [0.2, 0.25) is 0 Å². The minimum absolute atomic E-state index is 0.125. The van der Waals surface area contributed by atoms with Crippen LogP contribution in [-0.4, -0.2) is 23.4 Å². The number of aliphatic hydroxyl groups excluding tert-OH is 2. The van der Waals surface area contributed by atoms with E-state index in [0.29, 0.717) is 0 Å². The van der Waals surface area contributed by atoms with Gasteiger partial charge in [-0.1, -0.05) is 52.9 Å². The predicted octanol–water partition coefficient (Wildman–Crippen LogP) is 2.58. The van der Waals surface area contributed by atoms with Gasteiger partial charge in [-0.15, -0.1) is 0 Å². The number of hydrogen-bond donors (Lipinski definition) is 2. The maximum Gasteiger partial charge on any atom is 0.0662 e. The van der Waals surface area contributed by atoms with E-state index >= 15 is 0 Å². The Morgan fingerprint density at radius 3 is 1.77 bits per heavy atom. The highest BCUT2D eigenvalue weighted by Gasteiger charge is 1.97. The Kier molecular flexibility index (Phi) is 17.1. The smallest absolute Gasteiger partial charge is 0.0662 e. The van der Waals surface area contributed by atoms with Crippen LogP contribution < -0.4 is 0 Å². The fourth-order valence-electron chi connectivity index (χ4n) is 1.19. The van der Waals surface area contributed by atoms with Gasteiger partial charge in [0.1, 0.15) is 0 Å². The van der Waals surface area contributed by atoms with Gasteiger partial charge in [0.05, 0.1) is 13.2 Å². The molecule has 0 aromatic rings. The van der Waals surface area contributed by atoms with Crippen LogP contribution in [0.3, 0.4) is 0 Å². The second-order valence-electron chi connectivity index (χ2n) is 3.48. The Labute approximate surface area is 83.0 Å². The van der Waals surface area contributed by atoms with Gasteiger partial charge in [0.25, 0.3) is 0 Å². The van der Waals surface area contributed by atoms with Crippen molar-refractivity contribution in [1.82, 2.24) is 0 Å². The third kappa shape index (κ3) is 18.7. The molecule has 0 aliphatic rings. The van der Waals surface area contributed by atoms with Gasteiger partial charge >= 0.3 is 0 Å². The Hall–Kier alpha value is -0.0800. The van der Waals surface area contributed by atoms with Gasteiger partial charge in [-0.2, -0.15) is 0 Å². The summed E-state index contributed by atoms with van der Waals surface area (Å²) in [5.41, 5.74) is 0. The molecule has 0 fully saturated rings. The van der Waals surface area contributed by atoms with Crippen molar-refractivity contribution in [1.29, 1.82) is 0 Å². The molecule has 13 heavy (non-hydrogen) atoms. The zero-order valence-corrected chi connectivity index (χ0v) is 9.42. The minimum Gasteiger partial charge on any atom is -0.394 e. The van der Waals surface area contributed by atoms with E-state index < -0.39 is 0 Å². The highest BCUT2D eigenvalue weighted by Crippen LogP contribution is 2.12. The van der Waals surface area contributed by atoms with Gasteiger partial charge in [-0.05, 0) is 5.92 Å². The van der Waals surface area contributed by atoms with E-state index in [0.717, 1.165) is 5.92 Å². The van der Waals surface area contributed by atoms with Crippen molar-refractivity contribution in [2.45, 2.75) is 52.9 Å². The lowest BCUT2D eigenvalue weighted by atomic mass is 10.00. The minimum atomic E-state index is -0.125. The number of unbranched alkanes of at least 4 members (excludes halogenated alkanes) is 1. The summed E-state index contributed by atoms with van der Waals surface area (Å²) in [5, 5.41) is 15.2. The van der Waals surface area contributed by atoms with Crippen LogP contribution in [0.25, 0.3) is 0 Å². The zero-order valence-electron chi connectivity index (χ0n) is 9.42. The first-order chi connectivity index (χ1) is 6.22. The Morgan fingerprint density at radius 1 is 0.923 bits per heavy atom. The third-order valence-electron chi connectivity index (χ3n) is 1.93. The molecule has 2 nitrogen and oxygen atoms in total. The number of rotatable bonds is 6. The van der Waals surface area contributed by atoms with Crippen molar-refractivity contribution >= 4 is 0 Å². The fourth-order valence-corrected chi connectivity index (χ4v) is 1.19. The van der Waals surface area contributed by atoms with E-state index in [2.05, 4.69) is 20.8 Å². The summed E-state index contributed by atoms with van der Waals surface area (Å²) in [6.45, 7) is 6.64. The van der Waals surface area contributed by atoms with Crippen LogP contribution in [0.2, 0.25) is 0 Å². The summed E-state index contributed by atoms with van der Waals surface area (Å²) < 4.78 is 0. The molecular formula is C11H26O2. The summed E-state index contributed by atoms with van der Waals surface area (Å²) >= 11 is 0. The normalized spacial score (nSPS) is 11.8. The Bertz CT molecular complexity index is 72.5. The maximum atomic E-state index is 7.62. The third-order valence-corrected chi connectivity index (χ3v) is 1.93. The van der Waals surface area contributed by atoms with Gasteiger partial charge in [-0.25, -0.2) is 0 Å². The largest absolute Gasteiger partial charge is 0.394 e. The molecule has 2 heteroatoms. The first-order valence-electron chi connectivity index (χ1n) is 5.44. The van der Waals surface area contributed by atoms with E-state index in [9.17, 15) is 0 Å². The van der Waals surface area contributed by atoms with E-state index in [4.69, 9.17) is 10.2 Å². The van der Waals surface area contributed by atoms with Crippen LogP contribution in [0.15, 0.2) is 0 Å². The number of hydrogen-bond acceptors (Lipinski definition) is 2. The van der Waals surface area contributed by atoms with E-state index in [1.54, 1.807) is 0 Å². The lowest BCUT2D eigenvalue weighted by Crippen LogP contribution is -1.92. The maximum absolute atomic E-state index is 7.62. The molecule has 1 unspecified atom stereocenters. The van der Waals surface area contributed by atoms with Crippen LogP contribution in [0.5, 0.6) is 0 Å². The molecule has 1 atom stereocenters. The molecule has 0 saturated heterocycles. The summed E-state index contributed by atoms with van der Waals surface area (Å²) in [7, 11) is 0. The van der Waals surface area contributed by atoms with Crippen molar-refractivity contribution in [3.05, 3.63) is 0 Å². The Morgan fingerprint density at radius 2 is 1.46 bits per heavy atom. The molecule has 0 bridgehead atoms. The molecule has 82 valence electrons. The van der Waals surface area contributed by atoms with E-state index in [-0.39, 0.29) is 13.2 Å². The lowest BCUT2D eigenvalue weighted by Gasteiger charge is -2.07. The summed E-state index contributed by atoms with van der Waals surface area (Å²) in [6.07, 6.45) is 6.98. The molecule has 0 spiro atoms. The van der Waals surface area contributed by atoms with Crippen LogP contribution >= 0.6 is 0 Å². The van der Waals surface area contributed by atoms with Gasteiger partial charge in [0.15, 0.2) is 0 Å². The predicted molar refractivity (Wildman–Crippen MR) is 57.8 cm³/mol. The molecule has 0 rings (SSSR count). The topological polar surface area (TPSA) is 40.5 Å². The molecule has 0 aliphatic carbocycles. The lowest BCUT2D eigenvalue weighted by molar-refractivity contribution is 0.186. The molecule has 0 amide bonds. The molecule has 0 radical (unpaired) electrons. The second-order valence-corrected chi connectivity index (χ2v) is 3.48. The second kappa shape index (κ2) is 14.4. The van der Waals surface area contributed by atoms with Crippen molar-refractivity contribution in [3.8, 4) is 0 Å². The standard InChI is InChI=1S/C9H20.C2H6O2/c1-4-6-8-9(3)7-5-2;3-1-2-4/h9H,4-8H2,1-3H3;3-4H,1-2H2. The quantitative estimate of drug-likeness (QED) is 0.676. The van der Waals surface area contributed by atoms with Gasteiger partial charge in [-0.3, -0.25) is 0 Å². The van der Waals surface area contributed by atoms with Crippen LogP contribution in [0.4, 0.5) is 0 Å². The first-order valence-corrected chi connectivity index (χ1v) is 5.44. The van der Waals surface area contributed by atoms with Crippen molar-refractivity contribution in [3.63, 3.8) is 0 Å². The molecule has 0 aromatic heterocycles. The molecule has 0 aromatic carbocycles. The van der Waals surface area contributed by atoms with Crippen LogP contribution in [0.1, 0.15) is 52.9 Å². The average Bonchev–Trinajstić information content (AvgIpc) is 2.16. The SMILES string of the molecule is CCCCC(C)CCC.OCCO. The molecule has 0 aliphatic heterocycles. The average molecular weight is 190 g/mol.